The van der Waals surface area contributed by atoms with Crippen molar-refractivity contribution in [3.8, 4) is 0 Å². The zero-order chi connectivity index (χ0) is 23.4. The van der Waals surface area contributed by atoms with E-state index in [4.69, 9.17) is 16.3 Å². The van der Waals surface area contributed by atoms with Gasteiger partial charge in [-0.15, -0.1) is 11.8 Å². The van der Waals surface area contributed by atoms with Crippen molar-refractivity contribution in [1.29, 1.82) is 0 Å². The second-order valence-electron chi connectivity index (χ2n) is 8.57. The first-order chi connectivity index (χ1) is 16.0. The summed E-state index contributed by atoms with van der Waals surface area (Å²) in [7, 11) is 0. The third-order valence-corrected chi connectivity index (χ3v) is 8.06. The Bertz CT molecular complexity index is 932. The van der Waals surface area contributed by atoms with Crippen LogP contribution >= 0.6 is 23.4 Å². The number of hydrogen-bond acceptors (Lipinski definition) is 5. The summed E-state index contributed by atoms with van der Waals surface area (Å²) < 4.78 is 5.05. The molecule has 2 atom stereocenters. The fraction of sp³-hybridized carbons (Fsp3) is 0.542. The molecule has 1 aromatic carbocycles. The summed E-state index contributed by atoms with van der Waals surface area (Å²) in [4.78, 5) is 44.4. The largest absolute Gasteiger partial charge is 0.450 e. The number of halogens is 1. The lowest BCUT2D eigenvalue weighted by molar-refractivity contribution is -0.141. The lowest BCUT2D eigenvalue weighted by Crippen LogP contribution is -2.57. The molecule has 1 aliphatic carbocycles. The molecule has 3 fully saturated rings. The summed E-state index contributed by atoms with van der Waals surface area (Å²) >= 11 is 7.77. The van der Waals surface area contributed by atoms with E-state index in [1.807, 2.05) is 30.3 Å². The van der Waals surface area contributed by atoms with E-state index >= 15 is 0 Å². The quantitative estimate of drug-likeness (QED) is 0.598. The van der Waals surface area contributed by atoms with Gasteiger partial charge < -0.3 is 19.4 Å². The molecule has 3 aliphatic rings. The van der Waals surface area contributed by atoms with Crippen LogP contribution in [0.1, 0.15) is 38.2 Å². The molecular weight excluding hydrogens is 462 g/mol. The number of nitrogens with zero attached hydrogens (tertiary/aromatic N) is 3. The highest BCUT2D eigenvalue weighted by Crippen LogP contribution is 2.42. The van der Waals surface area contributed by atoms with Crippen molar-refractivity contribution in [2.45, 2.75) is 43.9 Å². The molecule has 2 aliphatic heterocycles. The van der Waals surface area contributed by atoms with Crippen molar-refractivity contribution in [1.82, 2.24) is 14.7 Å². The van der Waals surface area contributed by atoms with E-state index in [1.54, 1.807) is 33.4 Å². The lowest BCUT2D eigenvalue weighted by Gasteiger charge is -2.44. The van der Waals surface area contributed by atoms with Crippen molar-refractivity contribution in [2.24, 2.45) is 0 Å². The van der Waals surface area contributed by atoms with Gasteiger partial charge in [0.1, 0.15) is 6.54 Å². The molecule has 1 aromatic rings. The monoisotopic (exact) mass is 491 g/mol. The van der Waals surface area contributed by atoms with Crippen molar-refractivity contribution in [3.63, 3.8) is 0 Å². The van der Waals surface area contributed by atoms with Gasteiger partial charge in [0.2, 0.25) is 5.91 Å². The molecule has 4 rings (SSSR count). The van der Waals surface area contributed by atoms with Crippen molar-refractivity contribution >= 4 is 47.3 Å². The molecule has 178 valence electrons. The number of benzene rings is 1. The minimum atomic E-state index is -0.339. The molecule has 9 heteroatoms. The van der Waals surface area contributed by atoms with Crippen LogP contribution < -0.4 is 0 Å². The van der Waals surface area contributed by atoms with Gasteiger partial charge in [-0.1, -0.05) is 36.6 Å². The van der Waals surface area contributed by atoms with Gasteiger partial charge in [-0.05, 0) is 43.5 Å². The van der Waals surface area contributed by atoms with Crippen LogP contribution in [0.15, 0.2) is 29.2 Å². The van der Waals surface area contributed by atoms with Crippen LogP contribution in [0, 0.1) is 0 Å². The average Bonchev–Trinajstić information content (AvgIpc) is 2.82. The number of piperazine rings is 1. The third kappa shape index (κ3) is 5.66. The highest BCUT2D eigenvalue weighted by atomic mass is 35.5. The number of carbonyl (C=O) groups is 3. The number of fused-ring (bicyclic) bond motifs is 1. The molecule has 2 saturated heterocycles. The molecule has 0 radical (unpaired) electrons. The molecule has 0 spiro atoms. The fourth-order valence-electron chi connectivity index (χ4n) is 4.71. The van der Waals surface area contributed by atoms with E-state index in [-0.39, 0.29) is 30.5 Å². The molecule has 0 N–H and O–H groups in total. The fourth-order valence-corrected chi connectivity index (χ4v) is 6.38. The van der Waals surface area contributed by atoms with E-state index in [2.05, 4.69) is 0 Å². The predicted molar refractivity (Wildman–Crippen MR) is 130 cm³/mol. The predicted octanol–water partition coefficient (Wildman–Crippen LogP) is 3.87. The Morgan fingerprint density at radius 2 is 1.88 bits per heavy atom. The van der Waals surface area contributed by atoms with E-state index in [9.17, 15) is 14.4 Å². The zero-order valence-corrected chi connectivity index (χ0v) is 20.4. The maximum absolute atomic E-state index is 13.5. The maximum atomic E-state index is 13.5. The van der Waals surface area contributed by atoms with E-state index in [1.165, 1.54) is 0 Å². The molecule has 7 nitrogen and oxygen atoms in total. The average molecular weight is 492 g/mol. The summed E-state index contributed by atoms with van der Waals surface area (Å²) in [5.41, 5.74) is 0.883. The van der Waals surface area contributed by atoms with Crippen LogP contribution in [0.3, 0.4) is 0 Å². The first-order valence-corrected chi connectivity index (χ1v) is 12.9. The summed E-state index contributed by atoms with van der Waals surface area (Å²) in [6.45, 7) is 3.98. The van der Waals surface area contributed by atoms with Crippen molar-refractivity contribution < 1.29 is 19.1 Å². The number of amides is 3. The van der Waals surface area contributed by atoms with Crippen LogP contribution in [0.25, 0.3) is 6.08 Å². The SMILES string of the molecule is CCOC(=O)N1CCN(C(=O)CN2C(=O)/C(=C\c3cccc(Cl)c3)SC3CCCCC32)CC1. The number of carbonyl (C=O) groups excluding carboxylic acids is 3. The summed E-state index contributed by atoms with van der Waals surface area (Å²) in [6, 6.07) is 7.53. The van der Waals surface area contributed by atoms with E-state index in [0.717, 1.165) is 31.2 Å². The van der Waals surface area contributed by atoms with Crippen LogP contribution in [-0.4, -0.2) is 83.2 Å². The van der Waals surface area contributed by atoms with Crippen LogP contribution in [0.2, 0.25) is 5.02 Å². The molecule has 2 heterocycles. The van der Waals surface area contributed by atoms with Gasteiger partial charge in [0, 0.05) is 42.5 Å². The minimum Gasteiger partial charge on any atom is -0.450 e. The molecule has 0 aromatic heterocycles. The van der Waals surface area contributed by atoms with E-state index < -0.39 is 0 Å². The van der Waals surface area contributed by atoms with Crippen LogP contribution in [0.5, 0.6) is 0 Å². The zero-order valence-electron chi connectivity index (χ0n) is 18.9. The first kappa shape index (κ1) is 24.0. The normalized spacial score (nSPS) is 24.6. The van der Waals surface area contributed by atoms with Gasteiger partial charge in [0.05, 0.1) is 11.5 Å². The molecular formula is C24H30ClN3O4S. The van der Waals surface area contributed by atoms with Gasteiger partial charge in [0.15, 0.2) is 0 Å². The number of thioether (sulfide) groups is 1. The Morgan fingerprint density at radius 1 is 1.15 bits per heavy atom. The number of rotatable bonds is 4. The summed E-state index contributed by atoms with van der Waals surface area (Å²) in [6.07, 6.45) is 5.74. The molecule has 2 unspecified atom stereocenters. The highest BCUT2D eigenvalue weighted by molar-refractivity contribution is 8.04. The summed E-state index contributed by atoms with van der Waals surface area (Å²) in [5, 5.41) is 0.928. The van der Waals surface area contributed by atoms with Crippen molar-refractivity contribution in [3.05, 3.63) is 39.8 Å². The second kappa shape index (κ2) is 10.8. The number of hydrogen-bond donors (Lipinski definition) is 0. The van der Waals surface area contributed by atoms with Crippen LogP contribution in [-0.2, 0) is 14.3 Å². The smallest absolute Gasteiger partial charge is 0.409 e. The Balaban J connectivity index is 1.46. The van der Waals surface area contributed by atoms with E-state index in [0.29, 0.717) is 48.0 Å². The Kier molecular flexibility index (Phi) is 7.86. The lowest BCUT2D eigenvalue weighted by atomic mass is 9.93. The highest BCUT2D eigenvalue weighted by Gasteiger charge is 2.41. The standard InChI is InChI=1S/C24H30ClN3O4S/c1-2-32-24(31)27-12-10-26(11-13-27)22(29)16-28-19-8-3-4-9-20(19)33-21(23(28)30)15-17-6-5-7-18(25)14-17/h5-7,14-15,19-20H,2-4,8-13,16H2,1H3/b21-15+. The molecule has 3 amide bonds. The van der Waals surface area contributed by atoms with Gasteiger partial charge in [-0.2, -0.15) is 0 Å². The molecule has 1 saturated carbocycles. The molecule has 33 heavy (non-hydrogen) atoms. The van der Waals surface area contributed by atoms with Crippen molar-refractivity contribution in [2.75, 3.05) is 39.3 Å². The summed E-state index contributed by atoms with van der Waals surface area (Å²) in [5.74, 6) is -0.146. The first-order valence-electron chi connectivity index (χ1n) is 11.6. The topological polar surface area (TPSA) is 70.2 Å². The van der Waals surface area contributed by atoms with Gasteiger partial charge in [-0.25, -0.2) is 4.79 Å². The maximum Gasteiger partial charge on any atom is 0.409 e. The minimum absolute atomic E-state index is 0.0646. The third-order valence-electron chi connectivity index (χ3n) is 6.43. The van der Waals surface area contributed by atoms with Gasteiger partial charge in [0.25, 0.3) is 5.91 Å². The van der Waals surface area contributed by atoms with Gasteiger partial charge >= 0.3 is 6.09 Å². The van der Waals surface area contributed by atoms with Crippen LogP contribution in [0.4, 0.5) is 4.79 Å². The Hall–Kier alpha value is -2.19. The molecule has 0 bridgehead atoms. The second-order valence-corrected chi connectivity index (χ2v) is 10.3. The number of ether oxygens (including phenoxy) is 1. The Morgan fingerprint density at radius 3 is 2.61 bits per heavy atom. The van der Waals surface area contributed by atoms with Gasteiger partial charge in [-0.3, -0.25) is 9.59 Å². The Labute approximate surface area is 204 Å².